The van der Waals surface area contributed by atoms with E-state index in [1.165, 1.54) is 5.56 Å². The molecular formula is C15H17NO. The fourth-order valence-electron chi connectivity index (χ4n) is 2.03. The zero-order valence-corrected chi connectivity index (χ0v) is 9.71. The molecule has 2 rings (SSSR count). The molecule has 2 aromatic rings. The van der Waals surface area contributed by atoms with Crippen LogP contribution >= 0.6 is 0 Å². The van der Waals surface area contributed by atoms with Crippen LogP contribution in [0.3, 0.4) is 0 Å². The van der Waals surface area contributed by atoms with Crippen LogP contribution in [-0.2, 0) is 6.42 Å². The minimum absolute atomic E-state index is 0.304. The molecule has 0 saturated heterocycles. The van der Waals surface area contributed by atoms with Crippen molar-refractivity contribution in [3.8, 4) is 5.75 Å². The first-order chi connectivity index (χ1) is 8.29. The minimum atomic E-state index is 0.304. The first-order valence-corrected chi connectivity index (χ1v) is 5.82. The lowest BCUT2D eigenvalue weighted by Gasteiger charge is -2.15. The predicted octanol–water partition coefficient (Wildman–Crippen LogP) is 2.68. The number of aromatic hydroxyl groups is 1. The second-order valence-electron chi connectivity index (χ2n) is 4.22. The summed E-state index contributed by atoms with van der Waals surface area (Å²) in [6.07, 6.45) is 0.856. The smallest absolute Gasteiger partial charge is 0.115 e. The van der Waals surface area contributed by atoms with Gasteiger partial charge in [0, 0.05) is 5.92 Å². The van der Waals surface area contributed by atoms with Crippen LogP contribution in [0.5, 0.6) is 5.75 Å². The van der Waals surface area contributed by atoms with Crippen LogP contribution in [-0.4, -0.2) is 11.7 Å². The highest BCUT2D eigenvalue weighted by Crippen LogP contribution is 2.21. The molecule has 1 unspecified atom stereocenters. The van der Waals surface area contributed by atoms with Gasteiger partial charge in [-0.05, 0) is 36.2 Å². The molecule has 0 aliphatic rings. The zero-order valence-electron chi connectivity index (χ0n) is 9.71. The van der Waals surface area contributed by atoms with E-state index in [1.807, 2.05) is 30.3 Å². The summed E-state index contributed by atoms with van der Waals surface area (Å²) in [4.78, 5) is 0. The summed E-state index contributed by atoms with van der Waals surface area (Å²) < 4.78 is 0. The number of nitrogens with two attached hydrogens (primary N) is 1. The van der Waals surface area contributed by atoms with Gasteiger partial charge in [0.25, 0.3) is 0 Å². The van der Waals surface area contributed by atoms with Gasteiger partial charge in [-0.3, -0.25) is 0 Å². The summed E-state index contributed by atoms with van der Waals surface area (Å²) in [5.41, 5.74) is 8.19. The van der Waals surface area contributed by atoms with Crippen molar-refractivity contribution in [3.63, 3.8) is 0 Å². The molecule has 1 atom stereocenters. The molecule has 0 aliphatic heterocycles. The minimum Gasteiger partial charge on any atom is -0.508 e. The van der Waals surface area contributed by atoms with Crippen molar-refractivity contribution in [1.29, 1.82) is 0 Å². The van der Waals surface area contributed by atoms with Crippen LogP contribution in [0.2, 0.25) is 0 Å². The first-order valence-electron chi connectivity index (χ1n) is 5.82. The topological polar surface area (TPSA) is 46.2 Å². The molecule has 0 saturated carbocycles. The Kier molecular flexibility index (Phi) is 3.78. The molecule has 0 fully saturated rings. The Hall–Kier alpha value is -1.80. The maximum atomic E-state index is 9.44. The normalized spacial score (nSPS) is 12.3. The van der Waals surface area contributed by atoms with Crippen molar-refractivity contribution >= 4 is 0 Å². The van der Waals surface area contributed by atoms with E-state index in [-0.39, 0.29) is 0 Å². The third kappa shape index (κ3) is 3.08. The highest BCUT2D eigenvalue weighted by Gasteiger charge is 2.10. The van der Waals surface area contributed by atoms with Crippen molar-refractivity contribution < 1.29 is 5.11 Å². The standard InChI is InChI=1S/C15H17NO/c16-11-14(13-6-2-1-3-7-13)9-12-5-4-8-15(17)10-12/h1-8,10,14,17H,9,11,16H2. The second-order valence-corrected chi connectivity index (χ2v) is 4.22. The molecule has 88 valence electrons. The Morgan fingerprint density at radius 2 is 1.76 bits per heavy atom. The van der Waals surface area contributed by atoms with Gasteiger partial charge < -0.3 is 10.8 Å². The zero-order chi connectivity index (χ0) is 12.1. The van der Waals surface area contributed by atoms with Crippen LogP contribution in [0.4, 0.5) is 0 Å². The number of phenolic OH excluding ortho intramolecular Hbond substituents is 1. The van der Waals surface area contributed by atoms with Crippen LogP contribution < -0.4 is 5.73 Å². The quantitative estimate of drug-likeness (QED) is 0.843. The maximum Gasteiger partial charge on any atom is 0.115 e. The van der Waals surface area contributed by atoms with E-state index in [1.54, 1.807) is 12.1 Å². The van der Waals surface area contributed by atoms with E-state index in [9.17, 15) is 5.11 Å². The molecule has 2 aromatic carbocycles. The number of hydrogen-bond donors (Lipinski definition) is 2. The fourth-order valence-corrected chi connectivity index (χ4v) is 2.03. The summed E-state index contributed by atoms with van der Waals surface area (Å²) in [7, 11) is 0. The highest BCUT2D eigenvalue weighted by atomic mass is 16.3. The highest BCUT2D eigenvalue weighted by molar-refractivity contribution is 5.30. The molecule has 0 bridgehead atoms. The Balaban J connectivity index is 2.16. The van der Waals surface area contributed by atoms with Crippen molar-refractivity contribution in [2.24, 2.45) is 5.73 Å². The van der Waals surface area contributed by atoms with Gasteiger partial charge in [0.15, 0.2) is 0 Å². The monoisotopic (exact) mass is 227 g/mol. The van der Waals surface area contributed by atoms with Crippen LogP contribution in [0.25, 0.3) is 0 Å². The fraction of sp³-hybridized carbons (Fsp3) is 0.200. The molecule has 0 aromatic heterocycles. The van der Waals surface area contributed by atoms with Gasteiger partial charge >= 0.3 is 0 Å². The van der Waals surface area contributed by atoms with Crippen molar-refractivity contribution in [1.82, 2.24) is 0 Å². The van der Waals surface area contributed by atoms with E-state index in [4.69, 9.17) is 5.73 Å². The molecule has 17 heavy (non-hydrogen) atoms. The van der Waals surface area contributed by atoms with E-state index in [0.717, 1.165) is 12.0 Å². The van der Waals surface area contributed by atoms with Crippen molar-refractivity contribution in [3.05, 3.63) is 65.7 Å². The summed E-state index contributed by atoms with van der Waals surface area (Å²) in [6.45, 7) is 0.611. The second kappa shape index (κ2) is 5.51. The molecule has 0 aliphatic carbocycles. The van der Waals surface area contributed by atoms with E-state index in [0.29, 0.717) is 18.2 Å². The van der Waals surface area contributed by atoms with Gasteiger partial charge in [-0.15, -0.1) is 0 Å². The van der Waals surface area contributed by atoms with Gasteiger partial charge in [0.2, 0.25) is 0 Å². The largest absolute Gasteiger partial charge is 0.508 e. The maximum absolute atomic E-state index is 9.44. The molecule has 0 radical (unpaired) electrons. The lowest BCUT2D eigenvalue weighted by molar-refractivity contribution is 0.474. The Morgan fingerprint density at radius 1 is 1.00 bits per heavy atom. The number of rotatable bonds is 4. The van der Waals surface area contributed by atoms with Crippen molar-refractivity contribution in [2.45, 2.75) is 12.3 Å². The molecule has 2 nitrogen and oxygen atoms in total. The Labute approximate surface area is 102 Å². The van der Waals surface area contributed by atoms with Crippen LogP contribution in [0, 0.1) is 0 Å². The van der Waals surface area contributed by atoms with E-state index < -0.39 is 0 Å². The number of phenols is 1. The Morgan fingerprint density at radius 3 is 2.41 bits per heavy atom. The van der Waals surface area contributed by atoms with E-state index >= 15 is 0 Å². The van der Waals surface area contributed by atoms with Crippen LogP contribution in [0.15, 0.2) is 54.6 Å². The lowest BCUT2D eigenvalue weighted by Crippen LogP contribution is -2.14. The first kappa shape index (κ1) is 11.7. The van der Waals surface area contributed by atoms with Gasteiger partial charge in [0.1, 0.15) is 5.75 Å². The molecule has 0 heterocycles. The summed E-state index contributed by atoms with van der Waals surface area (Å²) in [6, 6.07) is 17.6. The average Bonchev–Trinajstić information content (AvgIpc) is 2.37. The van der Waals surface area contributed by atoms with Crippen LogP contribution in [0.1, 0.15) is 17.0 Å². The third-order valence-corrected chi connectivity index (χ3v) is 2.95. The molecule has 2 heteroatoms. The number of benzene rings is 2. The Bertz CT molecular complexity index is 467. The van der Waals surface area contributed by atoms with Crippen molar-refractivity contribution in [2.75, 3.05) is 6.54 Å². The average molecular weight is 227 g/mol. The molecule has 0 spiro atoms. The van der Waals surface area contributed by atoms with Gasteiger partial charge in [-0.1, -0.05) is 42.5 Å². The van der Waals surface area contributed by atoms with Gasteiger partial charge in [0.05, 0.1) is 0 Å². The summed E-state index contributed by atoms with van der Waals surface area (Å²) in [5, 5.41) is 9.44. The van der Waals surface area contributed by atoms with E-state index in [2.05, 4.69) is 12.1 Å². The third-order valence-electron chi connectivity index (χ3n) is 2.95. The summed E-state index contributed by atoms with van der Waals surface area (Å²) in [5.74, 6) is 0.615. The van der Waals surface area contributed by atoms with Gasteiger partial charge in [-0.25, -0.2) is 0 Å². The molecule has 3 N–H and O–H groups in total. The lowest BCUT2D eigenvalue weighted by atomic mass is 9.92. The summed E-state index contributed by atoms with van der Waals surface area (Å²) >= 11 is 0. The van der Waals surface area contributed by atoms with Gasteiger partial charge in [-0.2, -0.15) is 0 Å². The SMILES string of the molecule is NCC(Cc1cccc(O)c1)c1ccccc1. The molecule has 0 amide bonds. The number of hydrogen-bond acceptors (Lipinski definition) is 2. The molecular weight excluding hydrogens is 210 g/mol. The predicted molar refractivity (Wildman–Crippen MR) is 70.0 cm³/mol.